The van der Waals surface area contributed by atoms with Crippen LogP contribution in [0.4, 0.5) is 14.5 Å². The zero-order valence-electron chi connectivity index (χ0n) is 9.63. The molecule has 0 spiro atoms. The minimum atomic E-state index is -1.36. The molecule has 0 unspecified atom stereocenters. The molecule has 0 aliphatic carbocycles. The Bertz CT molecular complexity index is 642. The van der Waals surface area contributed by atoms with Crippen LogP contribution in [-0.2, 0) is 0 Å². The standard InChI is InChI=1S/C10H8F2N4O3/c1-4(13)10-14-9(15-19-10)7-5(11)2-3-6(8(7)12)16(17)18/h2-4H,13H2,1H3/t4-/m0/s1. The van der Waals surface area contributed by atoms with Crippen LogP contribution in [-0.4, -0.2) is 15.1 Å². The first-order chi connectivity index (χ1) is 8.91. The van der Waals surface area contributed by atoms with Gasteiger partial charge in [0.2, 0.25) is 17.5 Å². The van der Waals surface area contributed by atoms with Crippen molar-refractivity contribution >= 4 is 5.69 Å². The Morgan fingerprint density at radius 3 is 2.68 bits per heavy atom. The molecule has 0 saturated heterocycles. The molecular formula is C10H8F2N4O3. The van der Waals surface area contributed by atoms with E-state index >= 15 is 0 Å². The van der Waals surface area contributed by atoms with Crippen molar-refractivity contribution in [2.24, 2.45) is 5.73 Å². The Morgan fingerprint density at radius 2 is 2.16 bits per heavy atom. The van der Waals surface area contributed by atoms with E-state index in [1.54, 1.807) is 0 Å². The molecule has 1 aromatic carbocycles. The van der Waals surface area contributed by atoms with E-state index in [9.17, 15) is 18.9 Å². The van der Waals surface area contributed by atoms with Gasteiger partial charge in [-0.25, -0.2) is 4.39 Å². The van der Waals surface area contributed by atoms with Crippen molar-refractivity contribution < 1.29 is 18.2 Å². The molecule has 1 heterocycles. The summed E-state index contributed by atoms with van der Waals surface area (Å²) in [7, 11) is 0. The van der Waals surface area contributed by atoms with Crippen LogP contribution >= 0.6 is 0 Å². The lowest BCUT2D eigenvalue weighted by molar-refractivity contribution is -0.387. The summed E-state index contributed by atoms with van der Waals surface area (Å²) in [6, 6.07) is 0.866. The first-order valence-electron chi connectivity index (χ1n) is 5.13. The molecule has 7 nitrogen and oxygen atoms in total. The summed E-state index contributed by atoms with van der Waals surface area (Å²) in [6.07, 6.45) is 0. The summed E-state index contributed by atoms with van der Waals surface area (Å²) in [4.78, 5) is 13.3. The second-order valence-electron chi connectivity index (χ2n) is 3.76. The van der Waals surface area contributed by atoms with Crippen LogP contribution in [0.25, 0.3) is 11.4 Å². The van der Waals surface area contributed by atoms with E-state index in [-0.39, 0.29) is 5.89 Å². The van der Waals surface area contributed by atoms with E-state index in [4.69, 9.17) is 10.3 Å². The minimum Gasteiger partial charge on any atom is -0.337 e. The molecule has 100 valence electrons. The van der Waals surface area contributed by atoms with Crippen molar-refractivity contribution in [3.05, 3.63) is 39.8 Å². The van der Waals surface area contributed by atoms with E-state index in [0.717, 1.165) is 12.1 Å². The van der Waals surface area contributed by atoms with Crippen LogP contribution in [0, 0.1) is 21.7 Å². The molecule has 0 aliphatic rings. The van der Waals surface area contributed by atoms with Crippen LogP contribution in [0.2, 0.25) is 0 Å². The maximum absolute atomic E-state index is 13.8. The average molecular weight is 270 g/mol. The van der Waals surface area contributed by atoms with Gasteiger partial charge in [-0.15, -0.1) is 0 Å². The SMILES string of the molecule is C[C@H](N)c1nc(-c2c(F)ccc([N+](=O)[O-])c2F)no1. The number of benzene rings is 1. The highest BCUT2D eigenvalue weighted by atomic mass is 19.1. The van der Waals surface area contributed by atoms with Crippen LogP contribution < -0.4 is 5.73 Å². The van der Waals surface area contributed by atoms with Gasteiger partial charge >= 0.3 is 5.69 Å². The summed E-state index contributed by atoms with van der Waals surface area (Å²) in [5.41, 5.74) is 3.88. The zero-order valence-corrected chi connectivity index (χ0v) is 9.63. The van der Waals surface area contributed by atoms with E-state index in [1.807, 2.05) is 0 Å². The predicted molar refractivity (Wildman–Crippen MR) is 58.9 cm³/mol. The molecule has 2 aromatic rings. The molecule has 1 atom stereocenters. The molecule has 0 amide bonds. The number of nitrogens with zero attached hydrogens (tertiary/aromatic N) is 3. The van der Waals surface area contributed by atoms with Crippen LogP contribution in [0.3, 0.4) is 0 Å². The van der Waals surface area contributed by atoms with E-state index in [0.29, 0.717) is 0 Å². The number of nitro benzene ring substituents is 1. The highest BCUT2D eigenvalue weighted by Gasteiger charge is 2.26. The zero-order chi connectivity index (χ0) is 14.2. The van der Waals surface area contributed by atoms with Gasteiger partial charge in [0.1, 0.15) is 11.4 Å². The molecule has 9 heteroatoms. The molecule has 0 aliphatic heterocycles. The maximum Gasteiger partial charge on any atom is 0.305 e. The fourth-order valence-corrected chi connectivity index (χ4v) is 1.41. The summed E-state index contributed by atoms with van der Waals surface area (Å²) in [6.45, 7) is 1.54. The highest BCUT2D eigenvalue weighted by molar-refractivity contribution is 5.61. The van der Waals surface area contributed by atoms with Crippen molar-refractivity contribution in [2.75, 3.05) is 0 Å². The van der Waals surface area contributed by atoms with Gasteiger partial charge in [0.15, 0.2) is 0 Å². The van der Waals surface area contributed by atoms with Crippen molar-refractivity contribution in [3.8, 4) is 11.4 Å². The van der Waals surface area contributed by atoms with Gasteiger partial charge in [-0.3, -0.25) is 10.1 Å². The monoisotopic (exact) mass is 270 g/mol. The third kappa shape index (κ3) is 2.27. The lowest BCUT2D eigenvalue weighted by Gasteiger charge is -2.00. The summed E-state index contributed by atoms with van der Waals surface area (Å²) >= 11 is 0. The second kappa shape index (κ2) is 4.69. The van der Waals surface area contributed by atoms with Gasteiger partial charge < -0.3 is 10.3 Å². The Labute approximate surface area is 105 Å². The number of aromatic nitrogens is 2. The van der Waals surface area contributed by atoms with Gasteiger partial charge in [0.25, 0.3) is 0 Å². The number of halogens is 2. The van der Waals surface area contributed by atoms with Gasteiger partial charge in [0.05, 0.1) is 11.0 Å². The molecule has 2 rings (SSSR count). The summed E-state index contributed by atoms with van der Waals surface area (Å²) < 4.78 is 32.1. The summed E-state index contributed by atoms with van der Waals surface area (Å²) in [5.74, 6) is -2.84. The fraction of sp³-hybridized carbons (Fsp3) is 0.200. The molecule has 0 fully saturated rings. The largest absolute Gasteiger partial charge is 0.337 e. The van der Waals surface area contributed by atoms with Crippen LogP contribution in [0.1, 0.15) is 18.9 Å². The van der Waals surface area contributed by atoms with Gasteiger partial charge in [-0.2, -0.15) is 9.37 Å². The Balaban J connectivity index is 2.60. The number of hydrogen-bond donors (Lipinski definition) is 1. The third-order valence-corrected chi connectivity index (χ3v) is 2.32. The molecule has 0 bridgehead atoms. The first kappa shape index (κ1) is 13.0. The molecular weight excluding hydrogens is 262 g/mol. The lowest BCUT2D eigenvalue weighted by atomic mass is 10.1. The van der Waals surface area contributed by atoms with Crippen molar-refractivity contribution in [1.29, 1.82) is 0 Å². The topological polar surface area (TPSA) is 108 Å². The van der Waals surface area contributed by atoms with E-state index < -0.39 is 39.7 Å². The highest BCUT2D eigenvalue weighted by Crippen LogP contribution is 2.30. The molecule has 19 heavy (non-hydrogen) atoms. The third-order valence-electron chi connectivity index (χ3n) is 2.32. The average Bonchev–Trinajstić information content (AvgIpc) is 2.78. The Morgan fingerprint density at radius 1 is 1.47 bits per heavy atom. The van der Waals surface area contributed by atoms with Crippen molar-refractivity contribution in [3.63, 3.8) is 0 Å². The molecule has 2 N–H and O–H groups in total. The van der Waals surface area contributed by atoms with Gasteiger partial charge in [0, 0.05) is 6.07 Å². The minimum absolute atomic E-state index is 0.0275. The van der Waals surface area contributed by atoms with Gasteiger partial charge in [-0.1, -0.05) is 5.16 Å². The normalized spacial score (nSPS) is 12.4. The fourth-order valence-electron chi connectivity index (χ4n) is 1.41. The van der Waals surface area contributed by atoms with Crippen LogP contribution in [0.5, 0.6) is 0 Å². The van der Waals surface area contributed by atoms with Gasteiger partial charge in [-0.05, 0) is 13.0 Å². The number of rotatable bonds is 3. The Kier molecular flexibility index (Phi) is 3.21. The summed E-state index contributed by atoms with van der Waals surface area (Å²) in [5, 5.41) is 13.9. The number of nitro groups is 1. The smallest absolute Gasteiger partial charge is 0.305 e. The molecule has 0 radical (unpaired) electrons. The van der Waals surface area contributed by atoms with Crippen LogP contribution in [0.15, 0.2) is 16.7 Å². The first-order valence-corrected chi connectivity index (χ1v) is 5.13. The van der Waals surface area contributed by atoms with E-state index in [1.165, 1.54) is 6.92 Å². The van der Waals surface area contributed by atoms with Crippen molar-refractivity contribution in [2.45, 2.75) is 13.0 Å². The Hall–Kier alpha value is -2.42. The lowest BCUT2D eigenvalue weighted by Crippen LogP contribution is -2.05. The van der Waals surface area contributed by atoms with Crippen molar-refractivity contribution in [1.82, 2.24) is 10.1 Å². The predicted octanol–water partition coefficient (Wildman–Crippen LogP) is 1.94. The quantitative estimate of drug-likeness (QED) is 0.674. The second-order valence-corrected chi connectivity index (χ2v) is 3.76. The number of nitrogens with two attached hydrogens (primary N) is 1. The van der Waals surface area contributed by atoms with E-state index in [2.05, 4.69) is 10.1 Å². The molecule has 0 saturated carbocycles. The molecule has 1 aromatic heterocycles. The number of hydrogen-bond acceptors (Lipinski definition) is 6. The maximum atomic E-state index is 13.8.